The summed E-state index contributed by atoms with van der Waals surface area (Å²) in [6, 6.07) is 6.27. The van der Waals surface area contributed by atoms with Crippen LogP contribution in [0.5, 0.6) is 0 Å². The molecule has 18 heavy (non-hydrogen) atoms. The van der Waals surface area contributed by atoms with Crippen molar-refractivity contribution in [1.29, 1.82) is 0 Å². The Morgan fingerprint density at radius 1 is 1.33 bits per heavy atom. The molecule has 1 aliphatic rings. The van der Waals surface area contributed by atoms with Gasteiger partial charge in [-0.2, -0.15) is 23.5 Å². The Balaban J connectivity index is 2.11. The number of hydrogen-bond donors (Lipinski definition) is 1. The van der Waals surface area contributed by atoms with Crippen LogP contribution in [0.2, 0.25) is 5.02 Å². The van der Waals surface area contributed by atoms with Gasteiger partial charge >= 0.3 is 0 Å². The van der Waals surface area contributed by atoms with Gasteiger partial charge in [-0.05, 0) is 24.1 Å². The van der Waals surface area contributed by atoms with E-state index in [-0.39, 0.29) is 6.04 Å². The van der Waals surface area contributed by atoms with Crippen LogP contribution in [0, 0.1) is 6.92 Å². The Hall–Kier alpha value is 0.170. The predicted octanol–water partition coefficient (Wildman–Crippen LogP) is 4.27. The minimum atomic E-state index is 0.0792. The topological polar surface area (TPSA) is 26.0 Å². The molecule has 0 saturated carbocycles. The first-order valence-electron chi connectivity index (χ1n) is 6.27. The van der Waals surface area contributed by atoms with Crippen molar-refractivity contribution >= 4 is 35.1 Å². The van der Waals surface area contributed by atoms with Gasteiger partial charge in [0.05, 0.1) is 0 Å². The summed E-state index contributed by atoms with van der Waals surface area (Å²) in [4.78, 5) is 0. The van der Waals surface area contributed by atoms with Gasteiger partial charge in [0.2, 0.25) is 0 Å². The predicted molar refractivity (Wildman–Crippen MR) is 85.9 cm³/mol. The van der Waals surface area contributed by atoms with Gasteiger partial charge in [0, 0.05) is 32.6 Å². The van der Waals surface area contributed by atoms with Gasteiger partial charge in [-0.25, -0.2) is 0 Å². The second-order valence-electron chi connectivity index (χ2n) is 4.95. The standard InChI is InChI=1S/C14H20ClNS2/c1-8-4-5-11(6-12(8)15)14(16)13-7-17-9(2)10(3)18-13/h4-6,9-10,13-14H,7,16H2,1-3H3. The number of nitrogens with two attached hydrogens (primary N) is 1. The Labute approximate surface area is 123 Å². The Kier molecular flexibility index (Phi) is 4.92. The van der Waals surface area contributed by atoms with Gasteiger partial charge in [-0.3, -0.25) is 0 Å². The van der Waals surface area contributed by atoms with Crippen molar-refractivity contribution in [2.45, 2.75) is 42.6 Å². The smallest absolute Gasteiger partial charge is 0.0438 e. The van der Waals surface area contributed by atoms with Crippen LogP contribution in [0.1, 0.15) is 31.0 Å². The van der Waals surface area contributed by atoms with Gasteiger partial charge in [0.1, 0.15) is 0 Å². The van der Waals surface area contributed by atoms with Crippen LogP contribution < -0.4 is 5.73 Å². The van der Waals surface area contributed by atoms with Crippen molar-refractivity contribution in [1.82, 2.24) is 0 Å². The molecule has 1 nitrogen and oxygen atoms in total. The summed E-state index contributed by atoms with van der Waals surface area (Å²) in [7, 11) is 0. The SMILES string of the molecule is Cc1ccc(C(N)C2CSC(C)C(C)S2)cc1Cl. The summed E-state index contributed by atoms with van der Waals surface area (Å²) in [5.41, 5.74) is 8.67. The van der Waals surface area contributed by atoms with Gasteiger partial charge in [-0.15, -0.1) is 0 Å². The highest BCUT2D eigenvalue weighted by Gasteiger charge is 2.30. The number of thioether (sulfide) groups is 2. The molecule has 1 aromatic rings. The lowest BCUT2D eigenvalue weighted by atomic mass is 10.0. The second-order valence-corrected chi connectivity index (χ2v) is 8.39. The van der Waals surface area contributed by atoms with Gasteiger partial charge in [0.15, 0.2) is 0 Å². The van der Waals surface area contributed by atoms with Crippen LogP contribution in [0.25, 0.3) is 0 Å². The molecule has 0 aromatic heterocycles. The molecule has 4 atom stereocenters. The van der Waals surface area contributed by atoms with Gasteiger partial charge < -0.3 is 5.73 Å². The van der Waals surface area contributed by atoms with Crippen molar-refractivity contribution in [3.8, 4) is 0 Å². The van der Waals surface area contributed by atoms with E-state index in [1.165, 1.54) is 0 Å². The molecule has 4 unspecified atom stereocenters. The highest BCUT2D eigenvalue weighted by molar-refractivity contribution is 8.07. The van der Waals surface area contributed by atoms with Crippen molar-refractivity contribution < 1.29 is 0 Å². The lowest BCUT2D eigenvalue weighted by Crippen LogP contribution is -2.34. The van der Waals surface area contributed by atoms with E-state index in [0.29, 0.717) is 10.5 Å². The molecular formula is C14H20ClNS2. The van der Waals surface area contributed by atoms with E-state index >= 15 is 0 Å². The number of benzene rings is 1. The van der Waals surface area contributed by atoms with Crippen molar-refractivity contribution in [3.05, 3.63) is 34.3 Å². The normalized spacial score (nSPS) is 30.2. The molecule has 0 spiro atoms. The fourth-order valence-electron chi connectivity index (χ4n) is 2.03. The fourth-order valence-corrected chi connectivity index (χ4v) is 5.26. The molecule has 0 aliphatic carbocycles. The molecule has 4 heteroatoms. The zero-order chi connectivity index (χ0) is 13.3. The lowest BCUT2D eigenvalue weighted by molar-refractivity contribution is 0.707. The molecule has 0 radical (unpaired) electrons. The number of hydrogen-bond acceptors (Lipinski definition) is 3. The molecule has 1 heterocycles. The highest BCUT2D eigenvalue weighted by atomic mass is 35.5. The molecule has 1 aliphatic heterocycles. The number of rotatable bonds is 2. The van der Waals surface area contributed by atoms with Crippen LogP contribution in [0.15, 0.2) is 18.2 Å². The zero-order valence-electron chi connectivity index (χ0n) is 11.0. The maximum atomic E-state index is 6.40. The first-order valence-corrected chi connectivity index (χ1v) is 8.64. The number of halogens is 1. The van der Waals surface area contributed by atoms with Crippen LogP contribution in [0.3, 0.4) is 0 Å². The van der Waals surface area contributed by atoms with E-state index in [4.69, 9.17) is 17.3 Å². The molecule has 1 aromatic carbocycles. The molecule has 0 bridgehead atoms. The minimum Gasteiger partial charge on any atom is -0.323 e. The Bertz CT molecular complexity index is 424. The third-order valence-corrected chi connectivity index (χ3v) is 7.48. The summed E-state index contributed by atoms with van der Waals surface area (Å²) in [5, 5.41) is 2.69. The fraction of sp³-hybridized carbons (Fsp3) is 0.571. The summed E-state index contributed by atoms with van der Waals surface area (Å²) < 4.78 is 0. The Morgan fingerprint density at radius 3 is 2.67 bits per heavy atom. The van der Waals surface area contributed by atoms with Gasteiger partial charge in [-0.1, -0.05) is 37.6 Å². The molecular weight excluding hydrogens is 282 g/mol. The maximum Gasteiger partial charge on any atom is 0.0438 e. The first kappa shape index (κ1) is 14.6. The summed E-state index contributed by atoms with van der Waals surface area (Å²) in [6.45, 7) is 6.61. The van der Waals surface area contributed by atoms with Crippen molar-refractivity contribution in [2.75, 3.05) is 5.75 Å². The van der Waals surface area contributed by atoms with Crippen LogP contribution in [-0.4, -0.2) is 21.5 Å². The van der Waals surface area contributed by atoms with Crippen molar-refractivity contribution in [3.63, 3.8) is 0 Å². The molecule has 100 valence electrons. The van der Waals surface area contributed by atoms with E-state index in [9.17, 15) is 0 Å². The second kappa shape index (κ2) is 6.08. The van der Waals surface area contributed by atoms with Crippen LogP contribution >= 0.6 is 35.1 Å². The summed E-state index contributed by atoms with van der Waals surface area (Å²) >= 11 is 10.2. The summed E-state index contributed by atoms with van der Waals surface area (Å²) in [5.74, 6) is 1.13. The van der Waals surface area contributed by atoms with E-state index < -0.39 is 0 Å². The third-order valence-electron chi connectivity index (χ3n) is 3.56. The van der Waals surface area contributed by atoms with E-state index in [1.807, 2.05) is 36.5 Å². The number of aryl methyl sites for hydroxylation is 1. The monoisotopic (exact) mass is 301 g/mol. The maximum absolute atomic E-state index is 6.40. The minimum absolute atomic E-state index is 0.0792. The first-order chi connectivity index (χ1) is 8.49. The van der Waals surface area contributed by atoms with E-state index in [0.717, 1.165) is 27.2 Å². The molecule has 1 fully saturated rings. The van der Waals surface area contributed by atoms with Crippen molar-refractivity contribution in [2.24, 2.45) is 5.73 Å². The van der Waals surface area contributed by atoms with E-state index in [2.05, 4.69) is 26.0 Å². The molecule has 0 amide bonds. The zero-order valence-corrected chi connectivity index (χ0v) is 13.4. The highest BCUT2D eigenvalue weighted by Crippen LogP contribution is 2.40. The average Bonchev–Trinajstić information content (AvgIpc) is 2.35. The van der Waals surface area contributed by atoms with Crippen LogP contribution in [0.4, 0.5) is 0 Å². The third kappa shape index (κ3) is 3.19. The molecule has 2 rings (SSSR count). The average molecular weight is 302 g/mol. The van der Waals surface area contributed by atoms with Crippen LogP contribution in [-0.2, 0) is 0 Å². The molecule has 1 saturated heterocycles. The van der Waals surface area contributed by atoms with Gasteiger partial charge in [0.25, 0.3) is 0 Å². The Morgan fingerprint density at radius 2 is 2.06 bits per heavy atom. The van der Waals surface area contributed by atoms with E-state index in [1.54, 1.807) is 0 Å². The summed E-state index contributed by atoms with van der Waals surface area (Å²) in [6.07, 6.45) is 0. The quantitative estimate of drug-likeness (QED) is 0.883. The lowest BCUT2D eigenvalue weighted by Gasteiger charge is -2.34. The largest absolute Gasteiger partial charge is 0.323 e. The molecule has 2 N–H and O–H groups in total.